The molecule has 0 saturated heterocycles. The first kappa shape index (κ1) is 11.5. The van der Waals surface area contributed by atoms with E-state index in [1.165, 1.54) is 12.1 Å². The molecule has 0 radical (unpaired) electrons. The van der Waals surface area contributed by atoms with Gasteiger partial charge in [0.2, 0.25) is 0 Å². The minimum Gasteiger partial charge on any atom is -0.207 e. The molecule has 0 atom stereocenters. The second kappa shape index (κ2) is 4.49. The van der Waals surface area contributed by atoms with Gasteiger partial charge in [0.05, 0.1) is 0 Å². The molecule has 2 aromatic rings. The molecule has 0 fully saturated rings. The van der Waals surface area contributed by atoms with Gasteiger partial charge in [-0.15, -0.1) is 0 Å². The summed E-state index contributed by atoms with van der Waals surface area (Å²) in [5, 5.41) is 0. The zero-order valence-corrected chi connectivity index (χ0v) is 10.8. The summed E-state index contributed by atoms with van der Waals surface area (Å²) < 4.78 is 27.4. The molecule has 16 heavy (non-hydrogen) atoms. The van der Waals surface area contributed by atoms with Gasteiger partial charge in [0.15, 0.2) is 0 Å². The zero-order valence-electron chi connectivity index (χ0n) is 8.60. The fourth-order valence-corrected chi connectivity index (χ4v) is 2.00. The molecule has 82 valence electrons. The highest BCUT2D eigenvalue weighted by Crippen LogP contribution is 2.26. The smallest absolute Gasteiger partial charge is 0.133 e. The first-order valence-corrected chi connectivity index (χ1v) is 5.87. The van der Waals surface area contributed by atoms with Gasteiger partial charge >= 0.3 is 0 Å². The molecule has 0 heterocycles. The van der Waals surface area contributed by atoms with Gasteiger partial charge in [-0.05, 0) is 58.8 Å². The molecule has 0 nitrogen and oxygen atoms in total. The highest BCUT2D eigenvalue weighted by molar-refractivity contribution is 14.1. The quantitative estimate of drug-likeness (QED) is 0.673. The molecular formula is C13H9F2I. The van der Waals surface area contributed by atoms with E-state index in [0.717, 1.165) is 20.8 Å². The topological polar surface area (TPSA) is 0 Å². The second-order valence-electron chi connectivity index (χ2n) is 3.59. The predicted molar refractivity (Wildman–Crippen MR) is 69.2 cm³/mol. The van der Waals surface area contributed by atoms with Crippen molar-refractivity contribution in [1.82, 2.24) is 0 Å². The van der Waals surface area contributed by atoms with Crippen LogP contribution in [0.3, 0.4) is 0 Å². The molecule has 3 heteroatoms. The number of rotatable bonds is 1. The molecular weight excluding hydrogens is 321 g/mol. The monoisotopic (exact) mass is 330 g/mol. The molecule has 0 amide bonds. The predicted octanol–water partition coefficient (Wildman–Crippen LogP) is 4.54. The first-order chi connectivity index (χ1) is 7.58. The number of aryl methyl sites for hydroxylation is 1. The Kier molecular flexibility index (Phi) is 3.23. The lowest BCUT2D eigenvalue weighted by Crippen LogP contribution is -1.88. The largest absolute Gasteiger partial charge is 0.207 e. The summed E-state index contributed by atoms with van der Waals surface area (Å²) in [4.78, 5) is 0. The van der Waals surface area contributed by atoms with E-state index in [1.54, 1.807) is 0 Å². The van der Waals surface area contributed by atoms with Gasteiger partial charge in [-0.2, -0.15) is 0 Å². The fourth-order valence-electron chi connectivity index (χ4n) is 1.48. The number of hydrogen-bond donors (Lipinski definition) is 0. The van der Waals surface area contributed by atoms with Crippen LogP contribution in [0.2, 0.25) is 0 Å². The Morgan fingerprint density at radius 1 is 1.00 bits per heavy atom. The molecule has 0 aliphatic heterocycles. The average Bonchev–Trinajstić information content (AvgIpc) is 2.22. The third-order valence-corrected chi connectivity index (χ3v) is 3.58. The Hall–Kier alpha value is -0.970. The molecule has 0 saturated carbocycles. The van der Waals surface area contributed by atoms with E-state index in [9.17, 15) is 8.78 Å². The van der Waals surface area contributed by atoms with Crippen molar-refractivity contribution in [3.63, 3.8) is 0 Å². The highest BCUT2D eigenvalue weighted by Gasteiger charge is 2.07. The second-order valence-corrected chi connectivity index (χ2v) is 4.75. The summed E-state index contributed by atoms with van der Waals surface area (Å²) in [5.74, 6) is -1.08. The lowest BCUT2D eigenvalue weighted by Gasteiger charge is -2.05. The third-order valence-electron chi connectivity index (χ3n) is 2.41. The Morgan fingerprint density at radius 3 is 2.38 bits per heavy atom. The molecule has 0 aliphatic rings. The van der Waals surface area contributed by atoms with Crippen molar-refractivity contribution in [1.29, 1.82) is 0 Å². The van der Waals surface area contributed by atoms with Gasteiger partial charge in [-0.3, -0.25) is 0 Å². The lowest BCUT2D eigenvalue weighted by molar-refractivity contribution is 0.585. The number of benzene rings is 2. The van der Waals surface area contributed by atoms with Crippen LogP contribution in [0, 0.1) is 22.1 Å². The van der Waals surface area contributed by atoms with Crippen LogP contribution in [-0.4, -0.2) is 0 Å². The van der Waals surface area contributed by atoms with Crippen molar-refractivity contribution >= 4 is 22.6 Å². The maximum Gasteiger partial charge on any atom is 0.133 e. The van der Waals surface area contributed by atoms with Crippen LogP contribution < -0.4 is 0 Å². The minimum atomic E-state index is -0.553. The van der Waals surface area contributed by atoms with Crippen molar-refractivity contribution in [3.05, 3.63) is 57.2 Å². The summed E-state index contributed by atoms with van der Waals surface area (Å²) >= 11 is 2.20. The SMILES string of the molecule is Cc1ccc(-c2ccc(F)cc2F)cc1I. The van der Waals surface area contributed by atoms with Crippen LogP contribution in [-0.2, 0) is 0 Å². The molecule has 0 aromatic heterocycles. The minimum absolute atomic E-state index is 0.430. The lowest BCUT2D eigenvalue weighted by atomic mass is 10.0. The van der Waals surface area contributed by atoms with Gasteiger partial charge in [-0.25, -0.2) is 8.78 Å². The van der Waals surface area contributed by atoms with Crippen molar-refractivity contribution in [2.45, 2.75) is 6.92 Å². The molecule has 0 N–H and O–H groups in total. The zero-order chi connectivity index (χ0) is 11.7. The van der Waals surface area contributed by atoms with E-state index in [4.69, 9.17) is 0 Å². The first-order valence-electron chi connectivity index (χ1n) is 4.79. The molecule has 0 bridgehead atoms. The summed E-state index contributed by atoms with van der Waals surface area (Å²) in [6.45, 7) is 1.99. The van der Waals surface area contributed by atoms with Crippen LogP contribution in [0.4, 0.5) is 8.78 Å². The van der Waals surface area contributed by atoms with Gasteiger partial charge < -0.3 is 0 Å². The van der Waals surface area contributed by atoms with Crippen LogP contribution >= 0.6 is 22.6 Å². The Morgan fingerprint density at radius 2 is 1.75 bits per heavy atom. The van der Waals surface area contributed by atoms with E-state index >= 15 is 0 Å². The van der Waals surface area contributed by atoms with Crippen LogP contribution in [0.5, 0.6) is 0 Å². The Bertz CT molecular complexity index is 535. The molecule has 0 unspecified atom stereocenters. The van der Waals surface area contributed by atoms with Crippen molar-refractivity contribution < 1.29 is 8.78 Å². The third kappa shape index (κ3) is 2.24. The summed E-state index contributed by atoms with van der Waals surface area (Å²) in [6.07, 6.45) is 0. The van der Waals surface area contributed by atoms with E-state index < -0.39 is 11.6 Å². The van der Waals surface area contributed by atoms with E-state index in [-0.39, 0.29) is 0 Å². The molecule has 0 aliphatic carbocycles. The molecule has 2 rings (SSSR count). The Labute approximate surface area is 106 Å². The summed E-state index contributed by atoms with van der Waals surface area (Å²) in [6, 6.07) is 9.30. The molecule has 2 aromatic carbocycles. The van der Waals surface area contributed by atoms with Crippen LogP contribution in [0.15, 0.2) is 36.4 Å². The average molecular weight is 330 g/mol. The fraction of sp³-hybridized carbons (Fsp3) is 0.0769. The number of hydrogen-bond acceptors (Lipinski definition) is 0. The van der Waals surface area contributed by atoms with E-state index in [0.29, 0.717) is 5.56 Å². The maximum atomic E-state index is 13.5. The van der Waals surface area contributed by atoms with Crippen molar-refractivity contribution in [2.75, 3.05) is 0 Å². The van der Waals surface area contributed by atoms with E-state index in [2.05, 4.69) is 22.6 Å². The Balaban J connectivity index is 2.54. The standard InChI is InChI=1S/C13H9F2I/c1-8-2-3-9(6-13(8)16)11-5-4-10(14)7-12(11)15/h2-7H,1H3. The number of halogens is 3. The van der Waals surface area contributed by atoms with Crippen LogP contribution in [0.25, 0.3) is 11.1 Å². The van der Waals surface area contributed by atoms with Gasteiger partial charge in [0.1, 0.15) is 11.6 Å². The highest BCUT2D eigenvalue weighted by atomic mass is 127. The van der Waals surface area contributed by atoms with E-state index in [1.807, 2.05) is 25.1 Å². The summed E-state index contributed by atoms with van der Waals surface area (Å²) in [7, 11) is 0. The van der Waals surface area contributed by atoms with Gasteiger partial charge in [0.25, 0.3) is 0 Å². The van der Waals surface area contributed by atoms with Crippen LogP contribution in [0.1, 0.15) is 5.56 Å². The normalized spacial score (nSPS) is 10.5. The van der Waals surface area contributed by atoms with Gasteiger partial charge in [0, 0.05) is 15.2 Å². The van der Waals surface area contributed by atoms with Gasteiger partial charge in [-0.1, -0.05) is 12.1 Å². The van der Waals surface area contributed by atoms with Crippen molar-refractivity contribution in [3.8, 4) is 11.1 Å². The maximum absolute atomic E-state index is 13.5. The molecule has 0 spiro atoms. The van der Waals surface area contributed by atoms with Crippen molar-refractivity contribution in [2.24, 2.45) is 0 Å². The summed E-state index contributed by atoms with van der Waals surface area (Å²) in [5.41, 5.74) is 2.35.